The Balaban J connectivity index is 3.06. The van der Waals surface area contributed by atoms with Gasteiger partial charge in [-0.2, -0.15) is 0 Å². The van der Waals surface area contributed by atoms with E-state index in [9.17, 15) is 0 Å². The maximum Gasteiger partial charge on any atom is 0.183 e. The Kier molecular flexibility index (Phi) is 6.39. The second-order valence-electron chi connectivity index (χ2n) is 4.10. The van der Waals surface area contributed by atoms with Crippen LogP contribution < -0.4 is 0 Å². The van der Waals surface area contributed by atoms with Crippen molar-refractivity contribution in [1.29, 1.82) is 0 Å². The van der Waals surface area contributed by atoms with Gasteiger partial charge >= 0.3 is 0 Å². The molecule has 0 bridgehead atoms. The van der Waals surface area contributed by atoms with E-state index in [1.54, 1.807) is 0 Å². The van der Waals surface area contributed by atoms with Crippen molar-refractivity contribution in [2.45, 2.75) is 45.3 Å². The predicted molar refractivity (Wildman–Crippen MR) is 58.0 cm³/mol. The lowest BCUT2D eigenvalue weighted by Gasteiger charge is -2.16. The molecule has 0 aliphatic carbocycles. The van der Waals surface area contributed by atoms with Crippen molar-refractivity contribution in [2.24, 2.45) is 0 Å². The largest absolute Gasteiger partial charge is 0.418 e. The van der Waals surface area contributed by atoms with E-state index in [0.29, 0.717) is 0 Å². The van der Waals surface area contributed by atoms with Crippen LogP contribution in [0.5, 0.6) is 0 Å². The van der Waals surface area contributed by atoms with E-state index in [4.69, 9.17) is 4.43 Å². The highest BCUT2D eigenvalue weighted by atomic mass is 28.4. The Morgan fingerprint density at radius 1 is 1.17 bits per heavy atom. The lowest BCUT2D eigenvalue weighted by atomic mass is 10.2. The van der Waals surface area contributed by atoms with Crippen LogP contribution in [0.4, 0.5) is 0 Å². The molecule has 0 saturated heterocycles. The molecule has 0 aromatic carbocycles. The summed E-state index contributed by atoms with van der Waals surface area (Å²) in [5.41, 5.74) is 0. The Labute approximate surface area is 78.0 Å². The van der Waals surface area contributed by atoms with Crippen LogP contribution in [-0.4, -0.2) is 14.9 Å². The molecule has 0 unspecified atom stereocenters. The van der Waals surface area contributed by atoms with Gasteiger partial charge in [0.2, 0.25) is 0 Å². The van der Waals surface area contributed by atoms with E-state index in [2.05, 4.69) is 26.2 Å². The molecular formula is C10H22OSi. The van der Waals surface area contributed by atoms with Crippen LogP contribution >= 0.6 is 0 Å². The second kappa shape index (κ2) is 6.43. The highest BCUT2D eigenvalue weighted by Gasteiger charge is 2.12. The number of hydrogen-bond donors (Lipinski definition) is 0. The van der Waals surface area contributed by atoms with E-state index >= 15 is 0 Å². The van der Waals surface area contributed by atoms with Crippen molar-refractivity contribution in [3.8, 4) is 0 Å². The average molecular weight is 186 g/mol. The first-order valence-corrected chi connectivity index (χ1v) is 8.22. The lowest BCUT2D eigenvalue weighted by molar-refractivity contribution is 0.299. The molecule has 12 heavy (non-hydrogen) atoms. The fourth-order valence-electron chi connectivity index (χ4n) is 0.946. The van der Waals surface area contributed by atoms with Gasteiger partial charge in [0.1, 0.15) is 0 Å². The minimum Gasteiger partial charge on any atom is -0.418 e. The Morgan fingerprint density at radius 3 is 2.33 bits per heavy atom. The van der Waals surface area contributed by atoms with E-state index in [1.165, 1.54) is 19.3 Å². The molecule has 0 N–H and O–H groups in total. The molecule has 0 rings (SSSR count). The summed E-state index contributed by atoms with van der Waals surface area (Å²) in [6, 6.07) is 0. The topological polar surface area (TPSA) is 9.23 Å². The smallest absolute Gasteiger partial charge is 0.183 e. The molecule has 0 spiro atoms. The summed E-state index contributed by atoms with van der Waals surface area (Å²) < 4.78 is 5.72. The Hall–Kier alpha value is -0.0831. The molecular weight excluding hydrogens is 164 g/mol. The molecule has 0 atom stereocenters. The minimum atomic E-state index is -1.25. The van der Waals surface area contributed by atoms with Gasteiger partial charge < -0.3 is 4.43 Å². The minimum absolute atomic E-state index is 0.951. The number of unbranched alkanes of at least 4 members (excludes halogenated alkanes) is 3. The summed E-state index contributed by atoms with van der Waals surface area (Å²) in [7, 11) is -1.25. The van der Waals surface area contributed by atoms with Gasteiger partial charge in [0.25, 0.3) is 0 Å². The maximum atomic E-state index is 5.72. The summed E-state index contributed by atoms with van der Waals surface area (Å²) in [5.74, 6) is 0. The third-order valence-electron chi connectivity index (χ3n) is 1.59. The quantitative estimate of drug-likeness (QED) is 0.335. The maximum absolute atomic E-state index is 5.72. The molecule has 72 valence electrons. The van der Waals surface area contributed by atoms with Gasteiger partial charge in [-0.15, -0.1) is 6.58 Å². The van der Waals surface area contributed by atoms with Gasteiger partial charge in [0.15, 0.2) is 8.32 Å². The first-order valence-electron chi connectivity index (χ1n) is 4.81. The molecule has 0 aromatic rings. The summed E-state index contributed by atoms with van der Waals surface area (Å²) in [4.78, 5) is 0. The van der Waals surface area contributed by atoms with E-state index in [0.717, 1.165) is 13.0 Å². The van der Waals surface area contributed by atoms with Crippen LogP contribution in [0, 0.1) is 0 Å². The Bertz CT molecular complexity index is 115. The van der Waals surface area contributed by atoms with Gasteiger partial charge in [-0.3, -0.25) is 0 Å². The zero-order valence-electron chi connectivity index (χ0n) is 8.73. The van der Waals surface area contributed by atoms with Crippen LogP contribution in [0.15, 0.2) is 12.7 Å². The van der Waals surface area contributed by atoms with E-state index < -0.39 is 8.32 Å². The van der Waals surface area contributed by atoms with Gasteiger partial charge in [-0.25, -0.2) is 0 Å². The third-order valence-corrected chi connectivity index (χ3v) is 2.66. The van der Waals surface area contributed by atoms with Crippen molar-refractivity contribution in [3.05, 3.63) is 12.7 Å². The van der Waals surface area contributed by atoms with Crippen LogP contribution in [-0.2, 0) is 4.43 Å². The number of allylic oxidation sites excluding steroid dienone is 1. The molecule has 0 aromatic heterocycles. The van der Waals surface area contributed by atoms with E-state index in [1.807, 2.05) is 6.08 Å². The lowest BCUT2D eigenvalue weighted by Crippen LogP contribution is -2.25. The zero-order valence-corrected chi connectivity index (χ0v) is 9.73. The van der Waals surface area contributed by atoms with Crippen LogP contribution in [0.2, 0.25) is 19.6 Å². The Morgan fingerprint density at radius 2 is 1.83 bits per heavy atom. The van der Waals surface area contributed by atoms with Crippen molar-refractivity contribution < 1.29 is 4.43 Å². The van der Waals surface area contributed by atoms with Crippen LogP contribution in [0.1, 0.15) is 25.7 Å². The van der Waals surface area contributed by atoms with Crippen molar-refractivity contribution >= 4 is 8.32 Å². The monoisotopic (exact) mass is 186 g/mol. The molecule has 0 radical (unpaired) electrons. The zero-order chi connectivity index (χ0) is 9.45. The molecule has 0 saturated carbocycles. The van der Waals surface area contributed by atoms with Crippen LogP contribution in [0.3, 0.4) is 0 Å². The first kappa shape index (κ1) is 11.9. The van der Waals surface area contributed by atoms with Crippen LogP contribution in [0.25, 0.3) is 0 Å². The summed E-state index contributed by atoms with van der Waals surface area (Å²) in [5, 5.41) is 0. The number of rotatable bonds is 7. The predicted octanol–water partition coefficient (Wildman–Crippen LogP) is 3.58. The highest BCUT2D eigenvalue weighted by molar-refractivity contribution is 6.69. The molecule has 0 fully saturated rings. The normalized spacial score (nSPS) is 11.6. The van der Waals surface area contributed by atoms with Crippen molar-refractivity contribution in [1.82, 2.24) is 0 Å². The summed E-state index contributed by atoms with van der Waals surface area (Å²) in [6.45, 7) is 11.3. The van der Waals surface area contributed by atoms with Gasteiger partial charge in [0, 0.05) is 6.61 Å². The molecule has 0 aliphatic rings. The molecule has 0 aliphatic heterocycles. The standard InChI is InChI=1S/C10H22OSi/c1-5-6-7-8-9-10-11-12(2,3)4/h5H,1,6-10H2,2-4H3. The van der Waals surface area contributed by atoms with Gasteiger partial charge in [0.05, 0.1) is 0 Å². The number of hydrogen-bond acceptors (Lipinski definition) is 1. The SMILES string of the molecule is C=CCCCCCO[Si](C)(C)C. The highest BCUT2D eigenvalue weighted by Crippen LogP contribution is 2.06. The second-order valence-corrected chi connectivity index (χ2v) is 8.61. The third kappa shape index (κ3) is 9.92. The van der Waals surface area contributed by atoms with Gasteiger partial charge in [-0.05, 0) is 38.9 Å². The van der Waals surface area contributed by atoms with Gasteiger partial charge in [-0.1, -0.05) is 12.5 Å². The van der Waals surface area contributed by atoms with Crippen molar-refractivity contribution in [2.75, 3.05) is 6.61 Å². The fraction of sp³-hybridized carbons (Fsp3) is 0.800. The summed E-state index contributed by atoms with van der Waals surface area (Å²) in [6.07, 6.45) is 6.87. The van der Waals surface area contributed by atoms with E-state index in [-0.39, 0.29) is 0 Å². The average Bonchev–Trinajstić information content (AvgIpc) is 1.94. The van der Waals surface area contributed by atoms with Crippen molar-refractivity contribution in [3.63, 3.8) is 0 Å². The molecule has 0 heterocycles. The summed E-state index contributed by atoms with van der Waals surface area (Å²) >= 11 is 0. The first-order chi connectivity index (χ1) is 5.56. The molecule has 0 amide bonds. The molecule has 2 heteroatoms. The fourth-order valence-corrected chi connectivity index (χ4v) is 1.70. The molecule has 1 nitrogen and oxygen atoms in total.